The van der Waals surface area contributed by atoms with Crippen molar-refractivity contribution in [3.8, 4) is 11.8 Å². The summed E-state index contributed by atoms with van der Waals surface area (Å²) in [6.07, 6.45) is 3.37. The zero-order valence-electron chi connectivity index (χ0n) is 19.8. The Morgan fingerprint density at radius 3 is 2.47 bits per heavy atom. The van der Waals surface area contributed by atoms with E-state index in [-0.39, 0.29) is 41.6 Å². The second-order valence-electron chi connectivity index (χ2n) is 8.46. The number of Topliss-reactive ketones (excluding diaryl/α,β-unsaturated/α-hetero) is 1. The maximum atomic E-state index is 12.6. The van der Waals surface area contributed by atoms with Crippen molar-refractivity contribution in [3.05, 3.63) is 27.7 Å². The van der Waals surface area contributed by atoms with Gasteiger partial charge >= 0.3 is 175 Å². The first kappa shape index (κ1) is 28.5. The molecule has 1 amide bonds. The van der Waals surface area contributed by atoms with Gasteiger partial charge < -0.3 is 0 Å². The molecule has 3 atom stereocenters. The molecule has 0 aliphatic carbocycles. The molecule has 173 valence electrons. The minimum atomic E-state index is -0.962. The van der Waals surface area contributed by atoms with Gasteiger partial charge in [0, 0.05) is 6.42 Å². The van der Waals surface area contributed by atoms with Crippen LogP contribution in [0.15, 0.2) is 17.0 Å². The Morgan fingerprint density at radius 2 is 1.94 bits per heavy atom. The number of carboxylic acid groups (broad SMARTS) is 1. The van der Waals surface area contributed by atoms with E-state index in [1.54, 1.807) is 30.3 Å². The number of thiazole rings is 1. The van der Waals surface area contributed by atoms with Crippen molar-refractivity contribution in [2.45, 2.75) is 63.9 Å². The fourth-order valence-electron chi connectivity index (χ4n) is 3.00. The summed E-state index contributed by atoms with van der Waals surface area (Å²) in [5, 5.41) is 11.3. The summed E-state index contributed by atoms with van der Waals surface area (Å²) in [6.45, 7) is 9.75. The van der Waals surface area contributed by atoms with Gasteiger partial charge in [-0.2, -0.15) is 0 Å². The van der Waals surface area contributed by atoms with Crippen LogP contribution in [0.5, 0.6) is 0 Å². The third-order valence-electron chi connectivity index (χ3n) is 5.31. The van der Waals surface area contributed by atoms with E-state index in [0.717, 1.165) is 36.2 Å². The van der Waals surface area contributed by atoms with E-state index in [2.05, 4.69) is 30.7 Å². The van der Waals surface area contributed by atoms with E-state index in [4.69, 9.17) is 5.11 Å². The summed E-state index contributed by atoms with van der Waals surface area (Å²) < 4.78 is 0.806. The number of nitrogens with zero attached hydrogens (tertiary/aromatic N) is 2. The van der Waals surface area contributed by atoms with Crippen LogP contribution in [-0.4, -0.2) is 71.5 Å². The van der Waals surface area contributed by atoms with Crippen molar-refractivity contribution in [1.82, 2.24) is 9.88 Å². The molecular formula is C24H33N2O4PbS. The van der Waals surface area contributed by atoms with Gasteiger partial charge in [0.25, 0.3) is 0 Å². The van der Waals surface area contributed by atoms with E-state index in [0.29, 0.717) is 23.0 Å². The van der Waals surface area contributed by atoms with Crippen LogP contribution in [-0.2, 0) is 9.59 Å². The minimum absolute atomic E-state index is 0.0845. The molecule has 0 spiro atoms. The standard InChI is InChI=1S/C24H33N2O4S.Pb/c1-8-16(4)13-23(28)26(7)20(15(2)3)9-10-22-25-19(14-31-22)21(27)12-17(5)11-18(6)24(29)30;/h11,14-17,20H,5,8,12-13H2,1-4,6-7H3,(H,29,30);/b18-11+;/t16-,17?,20?;/m0./s1. The summed E-state index contributed by atoms with van der Waals surface area (Å²) in [7, 11) is 1.79. The van der Waals surface area contributed by atoms with E-state index in [9.17, 15) is 14.4 Å². The summed E-state index contributed by atoms with van der Waals surface area (Å²) in [5.41, 5.74) is 0.623. The predicted molar refractivity (Wildman–Crippen MR) is 129 cm³/mol. The molecule has 2 unspecified atom stereocenters. The monoisotopic (exact) mass is 653 g/mol. The predicted octanol–water partition coefficient (Wildman–Crippen LogP) is 4.22. The van der Waals surface area contributed by atoms with Crippen LogP contribution in [0.3, 0.4) is 0 Å². The van der Waals surface area contributed by atoms with Gasteiger partial charge in [-0.25, -0.2) is 0 Å². The van der Waals surface area contributed by atoms with Crippen LogP contribution >= 0.6 is 11.3 Å². The normalized spacial score (nSPS) is 14.3. The third-order valence-corrected chi connectivity index (χ3v) is 8.11. The van der Waals surface area contributed by atoms with Crippen LogP contribution in [0.1, 0.15) is 69.4 Å². The summed E-state index contributed by atoms with van der Waals surface area (Å²) in [4.78, 5) is 42.4. The van der Waals surface area contributed by atoms with Crippen molar-refractivity contribution in [2.75, 3.05) is 7.05 Å². The number of allylic oxidation sites excluding steroid dienone is 1. The molecule has 1 N–H and O–H groups in total. The zero-order chi connectivity index (χ0) is 24.4. The second-order valence-corrected chi connectivity index (χ2v) is 10.9. The molecule has 0 bridgehead atoms. The number of carbonyl (C=O) groups is 3. The Bertz CT molecular complexity index is 897. The first-order chi connectivity index (χ1) is 15.0. The Hall–Kier alpha value is -1.54. The Morgan fingerprint density at radius 1 is 1.28 bits per heavy atom. The third kappa shape index (κ3) is 9.14. The molecule has 0 aromatic carbocycles. The molecule has 3 radical (unpaired) electrons. The van der Waals surface area contributed by atoms with Gasteiger partial charge in [-0.1, -0.05) is 20.3 Å². The average molecular weight is 653 g/mol. The molecule has 8 heteroatoms. The molecule has 1 rings (SSSR count). The topological polar surface area (TPSA) is 87.6 Å². The number of aliphatic carboxylic acids is 1. The maximum absolute atomic E-state index is 12.6. The molecule has 1 aromatic rings. The zero-order valence-corrected chi connectivity index (χ0v) is 24.5. The number of carboxylic acids is 1. The summed E-state index contributed by atoms with van der Waals surface area (Å²) >= 11 is 2.19. The number of ketones is 1. The average Bonchev–Trinajstić information content (AvgIpc) is 3.21. The van der Waals surface area contributed by atoms with Gasteiger partial charge in [0.2, 0.25) is 0 Å². The van der Waals surface area contributed by atoms with Crippen molar-refractivity contribution >= 4 is 54.8 Å². The molecular weight excluding hydrogens is 620 g/mol. The first-order valence-corrected chi connectivity index (χ1v) is 14.4. The fraction of sp³-hybridized carbons (Fsp3) is 0.583. The van der Waals surface area contributed by atoms with E-state index in [1.807, 2.05) is 13.8 Å². The SMILES string of the molecule is CC[C@H](C)CC(=O)N(C)C(C#Cc1nc(C(=O)CC(/C=C(\C)C(=O)O)[CH2][Pb])cs1)C(C)C. The van der Waals surface area contributed by atoms with E-state index >= 15 is 0 Å². The molecule has 0 saturated heterocycles. The van der Waals surface area contributed by atoms with Gasteiger partial charge in [0.1, 0.15) is 0 Å². The van der Waals surface area contributed by atoms with Crippen LogP contribution in [0, 0.1) is 29.6 Å². The van der Waals surface area contributed by atoms with Crippen molar-refractivity contribution in [1.29, 1.82) is 0 Å². The summed E-state index contributed by atoms with van der Waals surface area (Å²) in [6, 6.07) is -0.229. The fourth-order valence-corrected chi connectivity index (χ4v) is 4.70. The van der Waals surface area contributed by atoms with Gasteiger partial charge in [0.05, 0.1) is 0 Å². The van der Waals surface area contributed by atoms with Crippen LogP contribution in [0.2, 0.25) is 3.98 Å². The Labute approximate surface area is 211 Å². The molecule has 0 aliphatic heterocycles. The van der Waals surface area contributed by atoms with Gasteiger partial charge in [-0.05, 0) is 5.92 Å². The van der Waals surface area contributed by atoms with Crippen molar-refractivity contribution in [3.63, 3.8) is 0 Å². The number of hydrogen-bond acceptors (Lipinski definition) is 5. The van der Waals surface area contributed by atoms with Crippen molar-refractivity contribution < 1.29 is 19.5 Å². The number of aromatic nitrogens is 1. The number of amides is 1. The van der Waals surface area contributed by atoms with Crippen LogP contribution in [0.4, 0.5) is 0 Å². The van der Waals surface area contributed by atoms with E-state index in [1.165, 1.54) is 11.3 Å². The number of hydrogen-bond donors (Lipinski definition) is 1. The van der Waals surface area contributed by atoms with Gasteiger partial charge in [0.15, 0.2) is 0 Å². The van der Waals surface area contributed by atoms with Gasteiger partial charge in [-0.3, -0.25) is 4.79 Å². The first-order valence-electron chi connectivity index (χ1n) is 10.8. The van der Waals surface area contributed by atoms with Crippen molar-refractivity contribution in [2.24, 2.45) is 17.8 Å². The number of carbonyl (C=O) groups excluding carboxylic acids is 2. The molecule has 1 aromatic heterocycles. The number of rotatable bonds is 11. The molecule has 1 heterocycles. The van der Waals surface area contributed by atoms with Crippen LogP contribution < -0.4 is 0 Å². The quantitative estimate of drug-likeness (QED) is 0.168. The van der Waals surface area contributed by atoms with Crippen LogP contribution in [0.25, 0.3) is 0 Å². The molecule has 6 nitrogen and oxygen atoms in total. The second kappa shape index (κ2) is 13.9. The molecule has 0 aliphatic rings. The Kier molecular flexibility index (Phi) is 12.4. The molecule has 0 saturated carbocycles. The Balaban J connectivity index is 2.93. The van der Waals surface area contributed by atoms with E-state index < -0.39 is 5.97 Å². The molecule has 0 fully saturated rings. The molecule has 32 heavy (non-hydrogen) atoms. The van der Waals surface area contributed by atoms with Gasteiger partial charge in [-0.15, -0.1) is 0 Å². The summed E-state index contributed by atoms with van der Waals surface area (Å²) in [5.74, 6) is 5.65.